The number of benzene rings is 1. The smallest absolute Gasteiger partial charge is 0.233 e. The van der Waals surface area contributed by atoms with E-state index in [9.17, 15) is 9.18 Å². The number of carbonyl (C=O) groups is 1. The third-order valence-corrected chi connectivity index (χ3v) is 6.56. The number of halogens is 1. The first-order valence-corrected chi connectivity index (χ1v) is 10.3. The first-order chi connectivity index (χ1) is 12.0. The second-order valence-electron chi connectivity index (χ2n) is 5.08. The molecule has 2 heterocycles. The second-order valence-corrected chi connectivity index (χ2v) is 9.32. The molecule has 0 saturated heterocycles. The van der Waals surface area contributed by atoms with Gasteiger partial charge in [-0.3, -0.25) is 4.79 Å². The van der Waals surface area contributed by atoms with Crippen LogP contribution in [0.5, 0.6) is 0 Å². The monoisotopic (exact) mass is 411 g/mol. The molecule has 0 fully saturated rings. The zero-order valence-corrected chi connectivity index (χ0v) is 16.4. The number of thiophene rings is 1. The molecule has 0 aliphatic carbocycles. The van der Waals surface area contributed by atoms with Crippen molar-refractivity contribution in [2.45, 2.75) is 23.1 Å². The highest BCUT2D eigenvalue weighted by molar-refractivity contribution is 8.02. The van der Waals surface area contributed by atoms with Crippen molar-refractivity contribution in [1.82, 2.24) is 15.1 Å². The minimum Gasteiger partial charge on any atom is -0.350 e. The quantitative estimate of drug-likeness (QED) is 0.473. The molecule has 0 aliphatic rings. The van der Waals surface area contributed by atoms with Crippen molar-refractivity contribution in [3.63, 3.8) is 0 Å². The molecule has 0 radical (unpaired) electrons. The molecule has 0 unspecified atom stereocenters. The topological polar surface area (TPSA) is 46.9 Å². The van der Waals surface area contributed by atoms with Crippen LogP contribution in [0.15, 0.2) is 46.1 Å². The highest BCUT2D eigenvalue weighted by Gasteiger charge is 2.17. The summed E-state index contributed by atoms with van der Waals surface area (Å²) in [5.41, 5.74) is 0.698. The van der Waals surface area contributed by atoms with Gasteiger partial charge < -0.3 is 5.32 Å². The number of nitrogens with zero attached hydrogens (tertiary/aromatic N) is 2. The molecule has 3 rings (SSSR count). The van der Waals surface area contributed by atoms with Crippen LogP contribution in [-0.2, 0) is 11.3 Å². The van der Waals surface area contributed by atoms with E-state index in [1.54, 1.807) is 28.2 Å². The van der Waals surface area contributed by atoms with E-state index in [0.717, 1.165) is 4.88 Å². The van der Waals surface area contributed by atoms with Gasteiger partial charge in [-0.15, -0.1) is 16.4 Å². The number of nitrogens with one attached hydrogen (secondary N) is 1. The molecule has 2 aromatic heterocycles. The molecule has 1 aromatic carbocycles. The van der Waals surface area contributed by atoms with Gasteiger partial charge >= 0.3 is 0 Å². The maximum atomic E-state index is 13.0. The van der Waals surface area contributed by atoms with E-state index < -0.39 is 0 Å². The van der Waals surface area contributed by atoms with Gasteiger partial charge in [-0.1, -0.05) is 29.2 Å². The molecule has 1 amide bonds. The fraction of sp³-hybridized carbons (Fsp3) is 0.188. The first kappa shape index (κ1) is 18.2. The summed E-state index contributed by atoms with van der Waals surface area (Å²) in [7, 11) is 0. The van der Waals surface area contributed by atoms with Crippen molar-refractivity contribution in [3.05, 3.63) is 56.4 Å². The lowest BCUT2D eigenvalue weighted by Gasteiger charge is -2.09. The van der Waals surface area contributed by atoms with Gasteiger partial charge in [-0.2, -0.15) is 0 Å². The van der Waals surface area contributed by atoms with Gasteiger partial charge in [-0.25, -0.2) is 9.07 Å². The maximum Gasteiger partial charge on any atom is 0.233 e. The Bertz CT molecular complexity index is 902. The van der Waals surface area contributed by atoms with Crippen molar-refractivity contribution in [2.24, 2.45) is 0 Å². The Balaban J connectivity index is 1.64. The lowest BCUT2D eigenvalue weighted by Crippen LogP contribution is -2.30. The molecule has 4 nitrogen and oxygen atoms in total. The summed E-state index contributed by atoms with van der Waals surface area (Å²) >= 11 is 9.62. The van der Waals surface area contributed by atoms with Crippen LogP contribution < -0.4 is 5.32 Å². The number of aromatic nitrogens is 2. The molecule has 130 valence electrons. The van der Waals surface area contributed by atoms with Crippen LogP contribution in [0.1, 0.15) is 11.8 Å². The highest BCUT2D eigenvalue weighted by atomic mass is 32.2. The molecule has 3 aromatic rings. The minimum atomic E-state index is -0.309. The van der Waals surface area contributed by atoms with Crippen LogP contribution in [0.4, 0.5) is 4.39 Å². The summed E-state index contributed by atoms with van der Waals surface area (Å²) in [5.74, 6) is -0.357. The predicted octanol–water partition coefficient (Wildman–Crippen LogP) is 4.66. The Morgan fingerprint density at radius 1 is 1.40 bits per heavy atom. The van der Waals surface area contributed by atoms with Gasteiger partial charge in [0.2, 0.25) is 5.91 Å². The fourth-order valence-electron chi connectivity index (χ4n) is 1.99. The van der Waals surface area contributed by atoms with Crippen LogP contribution in [0.2, 0.25) is 0 Å². The van der Waals surface area contributed by atoms with Crippen LogP contribution >= 0.6 is 46.7 Å². The number of carbonyl (C=O) groups excluding carboxylic acids is 1. The molecule has 9 heteroatoms. The number of hydrogen-bond acceptors (Lipinski definition) is 6. The van der Waals surface area contributed by atoms with Crippen LogP contribution in [-0.4, -0.2) is 20.9 Å². The van der Waals surface area contributed by atoms with E-state index in [-0.39, 0.29) is 17.0 Å². The summed E-state index contributed by atoms with van der Waals surface area (Å²) in [6, 6.07) is 9.92. The molecule has 25 heavy (non-hydrogen) atoms. The predicted molar refractivity (Wildman–Crippen MR) is 104 cm³/mol. The Morgan fingerprint density at radius 2 is 2.16 bits per heavy atom. The van der Waals surface area contributed by atoms with Gasteiger partial charge in [0, 0.05) is 4.88 Å². The number of rotatable bonds is 6. The third-order valence-electron chi connectivity index (χ3n) is 3.26. The van der Waals surface area contributed by atoms with Crippen LogP contribution in [0.25, 0.3) is 5.69 Å². The van der Waals surface area contributed by atoms with E-state index in [4.69, 9.17) is 12.2 Å². The van der Waals surface area contributed by atoms with E-state index in [1.807, 2.05) is 24.4 Å². The maximum absolute atomic E-state index is 13.0. The van der Waals surface area contributed by atoms with Crippen LogP contribution in [0, 0.1) is 9.77 Å². The highest BCUT2D eigenvalue weighted by Crippen LogP contribution is 2.28. The molecule has 1 atom stereocenters. The average Bonchev–Trinajstić information content (AvgIpc) is 3.23. The van der Waals surface area contributed by atoms with E-state index >= 15 is 0 Å². The number of thioether (sulfide) groups is 1. The lowest BCUT2D eigenvalue weighted by atomic mass is 10.3. The molecule has 0 bridgehead atoms. The Morgan fingerprint density at radius 3 is 2.84 bits per heavy atom. The van der Waals surface area contributed by atoms with Crippen molar-refractivity contribution in [2.75, 3.05) is 0 Å². The van der Waals surface area contributed by atoms with E-state index in [0.29, 0.717) is 20.5 Å². The molecule has 0 saturated carbocycles. The average molecular weight is 412 g/mol. The fourth-order valence-corrected chi connectivity index (χ4v) is 5.16. The van der Waals surface area contributed by atoms with Gasteiger partial charge in [-0.05, 0) is 54.9 Å². The third kappa shape index (κ3) is 4.75. The first-order valence-electron chi connectivity index (χ1n) is 7.36. The van der Waals surface area contributed by atoms with E-state index in [1.165, 1.54) is 35.2 Å². The summed E-state index contributed by atoms with van der Waals surface area (Å²) < 4.78 is 15.9. The van der Waals surface area contributed by atoms with Crippen molar-refractivity contribution in [1.29, 1.82) is 0 Å². The zero-order chi connectivity index (χ0) is 17.8. The SMILES string of the molecule is C[C@H](Sc1nn(-c2ccc(F)cc2)c(=S)s1)C(=O)NCc1cccs1. The lowest BCUT2D eigenvalue weighted by molar-refractivity contribution is -0.120. The van der Waals surface area contributed by atoms with Gasteiger partial charge in [0.05, 0.1) is 17.5 Å². The van der Waals surface area contributed by atoms with E-state index in [2.05, 4.69) is 10.4 Å². The number of hydrogen-bond donors (Lipinski definition) is 1. The number of amides is 1. The summed E-state index contributed by atoms with van der Waals surface area (Å²) in [6.45, 7) is 2.36. The Kier molecular flexibility index (Phi) is 6.00. The largest absolute Gasteiger partial charge is 0.350 e. The molecule has 0 aliphatic heterocycles. The molecule has 0 spiro atoms. The van der Waals surface area contributed by atoms with Crippen LogP contribution in [0.3, 0.4) is 0 Å². The summed E-state index contributed by atoms with van der Waals surface area (Å²) in [4.78, 5) is 13.3. The summed E-state index contributed by atoms with van der Waals surface area (Å²) in [5, 5.41) is 9.04. The normalized spacial score (nSPS) is 12.1. The molecular weight excluding hydrogens is 397 g/mol. The van der Waals surface area contributed by atoms with Crippen molar-refractivity contribution < 1.29 is 9.18 Å². The van der Waals surface area contributed by atoms with Gasteiger partial charge in [0.25, 0.3) is 0 Å². The van der Waals surface area contributed by atoms with Gasteiger partial charge in [0.1, 0.15) is 5.82 Å². The van der Waals surface area contributed by atoms with Crippen molar-refractivity contribution >= 4 is 52.6 Å². The molecule has 1 N–H and O–H groups in total. The Hall–Kier alpha value is -1.55. The molecular formula is C16H14FN3OS4. The van der Waals surface area contributed by atoms with Crippen molar-refractivity contribution in [3.8, 4) is 5.69 Å². The second kappa shape index (κ2) is 8.22. The standard InChI is InChI=1S/C16H14FN3OS4/c1-10(14(21)18-9-13-3-2-8-23-13)24-15-19-20(16(22)25-15)12-6-4-11(17)5-7-12/h2-8,10H,9H2,1H3,(H,18,21)/t10-/m0/s1. The zero-order valence-electron chi connectivity index (χ0n) is 13.1. The Labute approximate surface area is 161 Å². The van der Waals surface area contributed by atoms with Gasteiger partial charge in [0.15, 0.2) is 8.29 Å². The summed E-state index contributed by atoms with van der Waals surface area (Å²) in [6.07, 6.45) is 0. The minimum absolute atomic E-state index is 0.0483.